The number of fused-ring (bicyclic) bond motifs is 1. The number of carbonyl (C=O) groups excluding carboxylic acids is 6. The van der Waals surface area contributed by atoms with E-state index in [9.17, 15) is 28.8 Å². The molecule has 3 heterocycles. The minimum absolute atomic E-state index is 0.0864. The van der Waals surface area contributed by atoms with Crippen LogP contribution in [0.2, 0.25) is 0 Å². The van der Waals surface area contributed by atoms with Gasteiger partial charge in [-0.3, -0.25) is 28.9 Å². The first-order valence-corrected chi connectivity index (χ1v) is 16.9. The number of likely N-dealkylation sites (tertiary alicyclic amines) is 1. The van der Waals surface area contributed by atoms with E-state index in [1.165, 1.54) is 20.1 Å². The summed E-state index contributed by atoms with van der Waals surface area (Å²) in [5, 5.41) is 10.9. The molecule has 17 nitrogen and oxygen atoms in total. The van der Waals surface area contributed by atoms with E-state index in [2.05, 4.69) is 21.3 Å². The summed E-state index contributed by atoms with van der Waals surface area (Å²) in [4.78, 5) is 79.0. The Bertz CT molecular complexity index is 1460. The summed E-state index contributed by atoms with van der Waals surface area (Å²) in [6.45, 7) is 5.33. The topological polar surface area (TPSA) is 223 Å². The number of hydrogen-bond donors (Lipinski definition) is 5. The Kier molecular flexibility index (Phi) is 13.9. The maximum atomic E-state index is 13.7. The van der Waals surface area contributed by atoms with Crippen LogP contribution in [-0.4, -0.2) is 122 Å². The average molecular weight is 716 g/mol. The fraction of sp³-hybridized carbons (Fsp3) is 0.588. The summed E-state index contributed by atoms with van der Waals surface area (Å²) in [5.74, 6) is -2.41. The van der Waals surface area contributed by atoms with Crippen LogP contribution in [0.4, 0.5) is 10.5 Å². The van der Waals surface area contributed by atoms with Crippen LogP contribution in [-0.2, 0) is 49.5 Å². The molecule has 2 saturated heterocycles. The van der Waals surface area contributed by atoms with Crippen molar-refractivity contribution in [1.82, 2.24) is 25.8 Å². The second kappa shape index (κ2) is 18.1. The predicted octanol–water partition coefficient (Wildman–Crippen LogP) is -0.0526. The van der Waals surface area contributed by atoms with Crippen molar-refractivity contribution in [2.75, 3.05) is 39.2 Å². The minimum atomic E-state index is -1.02. The van der Waals surface area contributed by atoms with Gasteiger partial charge in [0.1, 0.15) is 31.0 Å². The van der Waals surface area contributed by atoms with Crippen LogP contribution in [0.1, 0.15) is 45.6 Å². The molecule has 2 fully saturated rings. The minimum Gasteiger partial charge on any atom is -0.461 e. The number of urea groups is 1. The molecule has 0 spiro atoms. The number of methoxy groups -OCH3 is 2. The van der Waals surface area contributed by atoms with Gasteiger partial charge in [-0.2, -0.15) is 0 Å². The quantitative estimate of drug-likeness (QED) is 0.0770. The normalized spacial score (nSPS) is 23.6. The molecule has 0 saturated carbocycles. The second-order valence-electron chi connectivity index (χ2n) is 13.1. The van der Waals surface area contributed by atoms with Crippen LogP contribution in [0.15, 0.2) is 36.4 Å². The number of rotatable bonds is 18. The highest BCUT2D eigenvalue weighted by molar-refractivity contribution is 5.98. The zero-order valence-electron chi connectivity index (χ0n) is 29.6. The number of esters is 1. The Labute approximate surface area is 296 Å². The average Bonchev–Trinajstić information content (AvgIpc) is 3.80. The lowest BCUT2D eigenvalue weighted by molar-refractivity contribution is -0.142. The molecule has 3 aliphatic heterocycles. The summed E-state index contributed by atoms with van der Waals surface area (Å²) in [6, 6.07) is 3.44. The summed E-state index contributed by atoms with van der Waals surface area (Å²) in [7, 11) is 3.09. The van der Waals surface area contributed by atoms with Crippen molar-refractivity contribution in [2.24, 2.45) is 11.7 Å². The number of nitrogens with two attached hydrogens (primary N) is 1. The van der Waals surface area contributed by atoms with Gasteiger partial charge in [0.05, 0.1) is 19.2 Å². The highest BCUT2D eigenvalue weighted by Gasteiger charge is 2.59. The first kappa shape index (κ1) is 39.2. The molecule has 6 amide bonds. The first-order chi connectivity index (χ1) is 24.3. The molecule has 0 radical (unpaired) electrons. The number of piperidine rings is 1. The number of nitrogens with one attached hydrogen (secondary N) is 4. The van der Waals surface area contributed by atoms with E-state index in [1.54, 1.807) is 56.2 Å². The smallest absolute Gasteiger partial charge is 0.312 e. The highest BCUT2D eigenvalue weighted by atomic mass is 16.6. The molecule has 1 aromatic carbocycles. The number of ether oxygens (including phenoxy) is 4. The van der Waals surface area contributed by atoms with Crippen LogP contribution >= 0.6 is 0 Å². The van der Waals surface area contributed by atoms with E-state index in [1.807, 2.05) is 4.90 Å². The van der Waals surface area contributed by atoms with Gasteiger partial charge in [-0.25, -0.2) is 4.79 Å². The SMILES string of the molecule is COC[C@@H]1C[C@H](N2C(=O)C=CC2OC)C2OC2N1CC(=O)N[C@H](C(=O)N[C@@H](CCCNC(N)=O)C(=O)Nc1ccc(COC(C)=O)cc1)C(C)C. The van der Waals surface area contributed by atoms with Gasteiger partial charge >= 0.3 is 12.0 Å². The van der Waals surface area contributed by atoms with Gasteiger partial charge in [-0.05, 0) is 49.0 Å². The molecular formula is C34H49N7O10. The number of amides is 6. The summed E-state index contributed by atoms with van der Waals surface area (Å²) >= 11 is 0. The van der Waals surface area contributed by atoms with Crippen LogP contribution in [0.3, 0.4) is 0 Å². The zero-order valence-corrected chi connectivity index (χ0v) is 29.6. The van der Waals surface area contributed by atoms with Crippen molar-refractivity contribution in [3.63, 3.8) is 0 Å². The van der Waals surface area contributed by atoms with Crippen LogP contribution < -0.4 is 27.0 Å². The Hall–Kier alpha value is -4.58. The molecule has 1 aromatic rings. The third-order valence-electron chi connectivity index (χ3n) is 8.94. The number of epoxide rings is 1. The molecule has 0 aliphatic carbocycles. The van der Waals surface area contributed by atoms with Crippen LogP contribution in [0.25, 0.3) is 0 Å². The van der Waals surface area contributed by atoms with Crippen molar-refractivity contribution in [3.8, 4) is 0 Å². The van der Waals surface area contributed by atoms with Crippen molar-refractivity contribution >= 4 is 41.3 Å². The van der Waals surface area contributed by atoms with Gasteiger partial charge in [0.2, 0.25) is 23.6 Å². The van der Waals surface area contributed by atoms with Gasteiger partial charge in [0, 0.05) is 45.5 Å². The van der Waals surface area contributed by atoms with Gasteiger partial charge in [-0.1, -0.05) is 26.0 Å². The predicted molar refractivity (Wildman–Crippen MR) is 182 cm³/mol. The molecule has 280 valence electrons. The van der Waals surface area contributed by atoms with Gasteiger partial charge < -0.3 is 50.8 Å². The molecular weight excluding hydrogens is 666 g/mol. The third kappa shape index (κ3) is 10.7. The highest BCUT2D eigenvalue weighted by Crippen LogP contribution is 2.42. The standard InChI is InChI=1S/C34H49N7O10/c1-19(2)29(39-26(43)16-40-23(18-48-4)15-25(30-33(40)51-30)41-27(44)12-13-28(41)49-5)32(46)38-24(7-6-14-36-34(35)47)31(45)37-22-10-8-21(9-11-22)17-50-20(3)42/h8-13,19,23-25,28-30,33H,6-7,14-18H2,1-5H3,(H,37,45)(H,38,46)(H,39,43)(H3,35,36,47)/t23-,24-,25-,28?,29-,30?,33?/m0/s1. The van der Waals surface area contributed by atoms with Crippen LogP contribution in [0, 0.1) is 5.92 Å². The van der Waals surface area contributed by atoms with Crippen molar-refractivity contribution < 1.29 is 47.7 Å². The fourth-order valence-electron chi connectivity index (χ4n) is 6.35. The molecule has 0 aromatic heterocycles. The largest absolute Gasteiger partial charge is 0.461 e. The Morgan fingerprint density at radius 3 is 2.41 bits per heavy atom. The van der Waals surface area contributed by atoms with E-state index in [-0.39, 0.29) is 62.7 Å². The molecule has 3 aliphatic rings. The Morgan fingerprint density at radius 2 is 1.78 bits per heavy atom. The Morgan fingerprint density at radius 1 is 1.06 bits per heavy atom. The number of benzene rings is 1. The number of nitrogens with zero attached hydrogens (tertiary/aromatic N) is 2. The van der Waals surface area contributed by atoms with E-state index >= 15 is 0 Å². The first-order valence-electron chi connectivity index (χ1n) is 16.9. The molecule has 17 heteroatoms. The maximum absolute atomic E-state index is 13.7. The number of carbonyl (C=O) groups is 6. The monoisotopic (exact) mass is 715 g/mol. The van der Waals surface area contributed by atoms with E-state index in [0.29, 0.717) is 18.5 Å². The van der Waals surface area contributed by atoms with E-state index in [4.69, 9.17) is 24.7 Å². The molecule has 7 atom stereocenters. The van der Waals surface area contributed by atoms with Crippen molar-refractivity contribution in [1.29, 1.82) is 0 Å². The summed E-state index contributed by atoms with van der Waals surface area (Å²) in [6.07, 6.45) is 2.90. The second-order valence-corrected chi connectivity index (χ2v) is 13.1. The molecule has 3 unspecified atom stereocenters. The molecule has 0 bridgehead atoms. The summed E-state index contributed by atoms with van der Waals surface area (Å²) < 4.78 is 21.9. The maximum Gasteiger partial charge on any atom is 0.312 e. The van der Waals surface area contributed by atoms with Gasteiger partial charge in [-0.15, -0.1) is 0 Å². The number of hydrogen-bond acceptors (Lipinski definition) is 11. The lowest BCUT2D eigenvalue weighted by Crippen LogP contribution is -2.59. The van der Waals surface area contributed by atoms with E-state index in [0.717, 1.165) is 5.56 Å². The van der Waals surface area contributed by atoms with Gasteiger partial charge in [0.15, 0.2) is 6.23 Å². The number of primary amides is 1. The van der Waals surface area contributed by atoms with Crippen molar-refractivity contribution in [3.05, 3.63) is 42.0 Å². The van der Waals surface area contributed by atoms with E-state index < -0.39 is 54.3 Å². The number of anilines is 1. The molecule has 51 heavy (non-hydrogen) atoms. The zero-order chi connectivity index (χ0) is 37.2. The lowest BCUT2D eigenvalue weighted by atomic mass is 9.95. The molecule has 4 rings (SSSR count). The molecule has 6 N–H and O–H groups in total. The van der Waals surface area contributed by atoms with Gasteiger partial charge in [0.25, 0.3) is 0 Å². The van der Waals surface area contributed by atoms with Crippen LogP contribution in [0.5, 0.6) is 0 Å². The lowest BCUT2D eigenvalue weighted by Gasteiger charge is -2.40. The third-order valence-corrected chi connectivity index (χ3v) is 8.94. The van der Waals surface area contributed by atoms with Crippen molar-refractivity contribution in [2.45, 2.75) is 89.4 Å². The Balaban J connectivity index is 1.39. The summed E-state index contributed by atoms with van der Waals surface area (Å²) in [5.41, 5.74) is 6.34. The fourth-order valence-corrected chi connectivity index (χ4v) is 6.35.